The molecule has 0 saturated heterocycles. The first kappa shape index (κ1) is 20.9. The third-order valence-electron chi connectivity index (χ3n) is 3.72. The van der Waals surface area contributed by atoms with Crippen LogP contribution in [0, 0.1) is 0 Å². The van der Waals surface area contributed by atoms with Gasteiger partial charge in [0.15, 0.2) is 0 Å². The van der Waals surface area contributed by atoms with Crippen LogP contribution < -0.4 is 4.90 Å². The van der Waals surface area contributed by atoms with Crippen molar-refractivity contribution < 1.29 is 38.4 Å². The lowest BCUT2D eigenvalue weighted by Crippen LogP contribution is -2.40. The van der Waals surface area contributed by atoms with Gasteiger partial charge in [-0.05, 0) is 18.1 Å². The lowest BCUT2D eigenvalue weighted by Gasteiger charge is -2.26. The van der Waals surface area contributed by atoms with E-state index < -0.39 is 43.8 Å². The fourth-order valence-electron chi connectivity index (χ4n) is 2.63. The minimum Gasteiger partial charge on any atom is -0.350 e. The summed E-state index contributed by atoms with van der Waals surface area (Å²) >= 11 is 0. The van der Waals surface area contributed by atoms with E-state index in [1.807, 2.05) is 0 Å². The van der Waals surface area contributed by atoms with Crippen LogP contribution >= 0.6 is 0 Å². The standard InChI is InChI=1S/C13H17F3N2O6S2/c1-23-26(21,22)8-11-6-9-5-10(13(14,15)16)7-17-12(9)18(11)3-4-24-25(2,19)20/h5,7,11H,3-4,6,8H2,1-2H3/t11-/m0/s1. The Hall–Kier alpha value is -1.44. The average molecular weight is 418 g/mol. The van der Waals surface area contributed by atoms with E-state index in [0.717, 1.165) is 19.4 Å². The molecule has 0 radical (unpaired) electrons. The van der Waals surface area contributed by atoms with Gasteiger partial charge < -0.3 is 4.90 Å². The molecule has 0 aliphatic carbocycles. The highest BCUT2D eigenvalue weighted by Gasteiger charge is 2.37. The minimum absolute atomic E-state index is 0.00623. The molecular formula is C13H17F3N2O6S2. The number of pyridine rings is 1. The third-order valence-corrected chi connectivity index (χ3v) is 5.61. The molecule has 1 aromatic rings. The highest BCUT2D eigenvalue weighted by Crippen LogP contribution is 2.36. The molecule has 13 heteroatoms. The molecule has 0 aromatic carbocycles. The van der Waals surface area contributed by atoms with E-state index in [1.165, 1.54) is 4.90 Å². The molecule has 1 aliphatic rings. The second-order valence-electron chi connectivity index (χ2n) is 5.67. The van der Waals surface area contributed by atoms with Gasteiger partial charge in [0.2, 0.25) is 0 Å². The molecule has 1 atom stereocenters. The first-order chi connectivity index (χ1) is 11.8. The van der Waals surface area contributed by atoms with Gasteiger partial charge in [-0.25, -0.2) is 4.98 Å². The van der Waals surface area contributed by atoms with Crippen molar-refractivity contribution in [3.05, 3.63) is 23.4 Å². The molecule has 0 saturated carbocycles. The smallest absolute Gasteiger partial charge is 0.350 e. The maximum Gasteiger partial charge on any atom is 0.417 e. The van der Waals surface area contributed by atoms with E-state index in [2.05, 4.69) is 13.4 Å². The van der Waals surface area contributed by atoms with E-state index in [1.54, 1.807) is 0 Å². The van der Waals surface area contributed by atoms with Crippen molar-refractivity contribution in [1.82, 2.24) is 4.98 Å². The lowest BCUT2D eigenvalue weighted by atomic mass is 10.1. The van der Waals surface area contributed by atoms with E-state index >= 15 is 0 Å². The first-order valence-electron chi connectivity index (χ1n) is 7.28. The van der Waals surface area contributed by atoms with Crippen molar-refractivity contribution in [1.29, 1.82) is 0 Å². The number of halogens is 3. The number of fused-ring (bicyclic) bond motifs is 1. The predicted molar refractivity (Wildman–Crippen MR) is 85.7 cm³/mol. The van der Waals surface area contributed by atoms with Crippen LogP contribution in [0.15, 0.2) is 12.3 Å². The number of alkyl halides is 3. The molecule has 1 aliphatic heterocycles. The summed E-state index contributed by atoms with van der Waals surface area (Å²) in [7, 11) is -6.63. The van der Waals surface area contributed by atoms with E-state index in [4.69, 9.17) is 0 Å². The third kappa shape index (κ3) is 5.28. The lowest BCUT2D eigenvalue weighted by molar-refractivity contribution is -0.137. The Morgan fingerprint density at radius 2 is 1.96 bits per heavy atom. The van der Waals surface area contributed by atoms with Crippen LogP contribution in [0.25, 0.3) is 0 Å². The topological polar surface area (TPSA) is 103 Å². The van der Waals surface area contributed by atoms with Crippen molar-refractivity contribution in [2.45, 2.75) is 18.6 Å². The van der Waals surface area contributed by atoms with Gasteiger partial charge in [0.25, 0.3) is 20.2 Å². The van der Waals surface area contributed by atoms with E-state index in [-0.39, 0.29) is 31.0 Å². The second kappa shape index (κ2) is 7.29. The van der Waals surface area contributed by atoms with Crippen LogP contribution in [0.4, 0.5) is 19.0 Å². The predicted octanol–water partition coefficient (Wildman–Crippen LogP) is 0.784. The monoisotopic (exact) mass is 418 g/mol. The Kier molecular flexibility index (Phi) is 5.85. The van der Waals surface area contributed by atoms with Crippen molar-refractivity contribution in [3.63, 3.8) is 0 Å². The van der Waals surface area contributed by atoms with Crippen molar-refractivity contribution in [2.24, 2.45) is 0 Å². The van der Waals surface area contributed by atoms with Gasteiger partial charge in [-0.2, -0.15) is 30.0 Å². The number of anilines is 1. The molecule has 0 unspecified atom stereocenters. The maximum absolute atomic E-state index is 12.9. The van der Waals surface area contributed by atoms with Crippen LogP contribution in [-0.2, 0) is 41.2 Å². The van der Waals surface area contributed by atoms with E-state index in [0.29, 0.717) is 6.20 Å². The summed E-state index contributed by atoms with van der Waals surface area (Å²) in [5.74, 6) is -0.327. The zero-order valence-corrected chi connectivity index (χ0v) is 15.5. The summed E-state index contributed by atoms with van der Waals surface area (Å²) in [6.45, 7) is -0.368. The molecule has 0 spiro atoms. The highest BCUT2D eigenvalue weighted by molar-refractivity contribution is 7.86. The molecule has 8 nitrogen and oxygen atoms in total. The Labute approximate surface area is 149 Å². The molecule has 26 heavy (non-hydrogen) atoms. The highest BCUT2D eigenvalue weighted by atomic mass is 32.2. The van der Waals surface area contributed by atoms with Gasteiger partial charge in [-0.3, -0.25) is 8.37 Å². The number of hydrogen-bond acceptors (Lipinski definition) is 8. The fourth-order valence-corrected chi connectivity index (χ4v) is 3.91. The van der Waals surface area contributed by atoms with Gasteiger partial charge in [-0.1, -0.05) is 0 Å². The number of aromatic nitrogens is 1. The SMILES string of the molecule is COS(=O)(=O)C[C@@H]1Cc2cc(C(F)(F)F)cnc2N1CCOS(C)(=O)=O. The molecule has 1 aromatic heterocycles. The zero-order valence-electron chi connectivity index (χ0n) is 13.9. The summed E-state index contributed by atoms with van der Waals surface area (Å²) in [6.07, 6.45) is -3.08. The Bertz CT molecular complexity index is 870. The summed E-state index contributed by atoms with van der Waals surface area (Å²) in [5.41, 5.74) is -0.727. The number of hydrogen-bond donors (Lipinski definition) is 0. The van der Waals surface area contributed by atoms with Crippen LogP contribution in [0.2, 0.25) is 0 Å². The number of nitrogens with zero attached hydrogens (tertiary/aromatic N) is 2. The fraction of sp³-hybridized carbons (Fsp3) is 0.615. The van der Waals surface area contributed by atoms with Crippen LogP contribution in [0.5, 0.6) is 0 Å². The Morgan fingerprint density at radius 3 is 2.50 bits per heavy atom. The van der Waals surface area contributed by atoms with Gasteiger partial charge in [-0.15, -0.1) is 0 Å². The largest absolute Gasteiger partial charge is 0.417 e. The van der Waals surface area contributed by atoms with Crippen molar-refractivity contribution >= 4 is 26.1 Å². The van der Waals surface area contributed by atoms with Crippen LogP contribution in [0.3, 0.4) is 0 Å². The summed E-state index contributed by atoms with van der Waals surface area (Å²) in [5, 5.41) is 0. The zero-order chi connectivity index (χ0) is 19.8. The molecular weight excluding hydrogens is 401 g/mol. The molecule has 2 rings (SSSR count). The maximum atomic E-state index is 12.9. The van der Waals surface area contributed by atoms with Gasteiger partial charge >= 0.3 is 6.18 Å². The molecule has 0 bridgehead atoms. The Balaban J connectivity index is 2.30. The molecule has 148 valence electrons. The summed E-state index contributed by atoms with van der Waals surface area (Å²) in [4.78, 5) is 5.21. The molecule has 2 heterocycles. The van der Waals surface area contributed by atoms with Gasteiger partial charge in [0.1, 0.15) is 5.82 Å². The second-order valence-corrected chi connectivity index (χ2v) is 9.10. The minimum atomic E-state index is -4.58. The average Bonchev–Trinajstić information content (AvgIpc) is 2.81. The summed E-state index contributed by atoms with van der Waals surface area (Å²) < 4.78 is 93.2. The Morgan fingerprint density at radius 1 is 1.31 bits per heavy atom. The van der Waals surface area contributed by atoms with Crippen LogP contribution in [-0.4, -0.2) is 60.1 Å². The quantitative estimate of drug-likeness (QED) is 0.599. The van der Waals surface area contributed by atoms with Crippen LogP contribution in [0.1, 0.15) is 11.1 Å². The van der Waals surface area contributed by atoms with Crippen molar-refractivity contribution in [2.75, 3.05) is 37.2 Å². The van der Waals surface area contributed by atoms with Crippen molar-refractivity contribution in [3.8, 4) is 0 Å². The normalized spacial score (nSPS) is 18.2. The summed E-state index contributed by atoms with van der Waals surface area (Å²) in [6, 6.07) is 0.153. The van der Waals surface area contributed by atoms with E-state index in [9.17, 15) is 30.0 Å². The van der Waals surface area contributed by atoms with Gasteiger partial charge in [0, 0.05) is 12.7 Å². The first-order valence-corrected chi connectivity index (χ1v) is 10.7. The molecule has 0 N–H and O–H groups in total. The van der Waals surface area contributed by atoms with Gasteiger partial charge in [0.05, 0.1) is 37.3 Å². The molecule has 0 fully saturated rings. The number of rotatable bonds is 7. The molecule has 0 amide bonds.